The second kappa shape index (κ2) is 8.85. The number of Topliss-reactive ketones (excluding diaryl/α,β-unsaturated/α-hetero) is 1. The molecule has 1 atom stereocenters. The molecule has 0 unspecified atom stereocenters. The number of para-hydroxylation sites is 1. The van der Waals surface area contributed by atoms with E-state index >= 15 is 0 Å². The molecule has 1 amide bonds. The van der Waals surface area contributed by atoms with Gasteiger partial charge in [-0.05, 0) is 30.9 Å². The maximum Gasteiger partial charge on any atom is 0.547 e. The SMILES string of the molecule is CC(=O)CCC(=O)N[C@H]1Cc2cccc(C(=O)OCC(C)C)c2OB1O. The molecule has 1 aliphatic heterocycles. The van der Waals surface area contributed by atoms with Crippen LogP contribution in [0.4, 0.5) is 0 Å². The van der Waals surface area contributed by atoms with Crippen LogP contribution in [0.5, 0.6) is 5.75 Å². The standard InChI is InChI=1S/C18H24BNO6/c1-11(2)10-25-18(23)14-6-4-5-13-9-15(19(24)26-17(13)14)20-16(22)8-7-12(3)21/h4-6,11,15,24H,7-10H2,1-3H3,(H,20,22)/t15-/m0/s1. The van der Waals surface area contributed by atoms with Gasteiger partial charge in [-0.3, -0.25) is 4.79 Å². The fraction of sp³-hybridized carbons (Fsp3) is 0.500. The van der Waals surface area contributed by atoms with Gasteiger partial charge in [0.25, 0.3) is 0 Å². The summed E-state index contributed by atoms with van der Waals surface area (Å²) in [6.07, 6.45) is 0.526. The van der Waals surface area contributed by atoms with Crippen molar-refractivity contribution in [3.63, 3.8) is 0 Å². The molecular formula is C18H24BNO6. The quantitative estimate of drug-likeness (QED) is 0.561. The Bertz CT molecular complexity index is 690. The Hall–Kier alpha value is -2.35. The van der Waals surface area contributed by atoms with Crippen molar-refractivity contribution < 1.29 is 28.8 Å². The maximum atomic E-state index is 12.3. The van der Waals surface area contributed by atoms with Gasteiger partial charge in [0.2, 0.25) is 5.91 Å². The Morgan fingerprint density at radius 2 is 2.08 bits per heavy atom. The molecule has 0 aromatic heterocycles. The monoisotopic (exact) mass is 361 g/mol. The average Bonchev–Trinajstić information content (AvgIpc) is 2.58. The molecule has 1 aromatic rings. The highest BCUT2D eigenvalue weighted by Gasteiger charge is 2.37. The summed E-state index contributed by atoms with van der Waals surface area (Å²) in [5.41, 5.74) is 0.953. The third-order valence-corrected chi connectivity index (χ3v) is 3.94. The summed E-state index contributed by atoms with van der Waals surface area (Å²) in [7, 11) is -1.29. The zero-order valence-electron chi connectivity index (χ0n) is 15.3. The average molecular weight is 361 g/mol. The van der Waals surface area contributed by atoms with Gasteiger partial charge in [0, 0.05) is 12.8 Å². The second-order valence-electron chi connectivity index (χ2n) is 6.87. The molecular weight excluding hydrogens is 337 g/mol. The number of amides is 1. The first-order valence-corrected chi connectivity index (χ1v) is 8.70. The highest BCUT2D eigenvalue weighted by atomic mass is 16.5. The molecule has 0 radical (unpaired) electrons. The summed E-state index contributed by atoms with van der Waals surface area (Å²) in [6.45, 7) is 5.59. The van der Waals surface area contributed by atoms with Crippen molar-refractivity contribution in [2.75, 3.05) is 6.61 Å². The third kappa shape index (κ3) is 5.32. The Balaban J connectivity index is 2.08. The molecule has 1 heterocycles. The zero-order valence-corrected chi connectivity index (χ0v) is 15.3. The van der Waals surface area contributed by atoms with Gasteiger partial charge < -0.3 is 24.5 Å². The van der Waals surface area contributed by atoms with Gasteiger partial charge in [0.05, 0.1) is 12.5 Å². The van der Waals surface area contributed by atoms with Crippen LogP contribution in [-0.4, -0.2) is 42.4 Å². The van der Waals surface area contributed by atoms with E-state index in [1.807, 2.05) is 13.8 Å². The number of hydrogen-bond acceptors (Lipinski definition) is 6. The van der Waals surface area contributed by atoms with E-state index in [1.165, 1.54) is 6.92 Å². The van der Waals surface area contributed by atoms with Crippen molar-refractivity contribution in [1.29, 1.82) is 0 Å². The molecule has 0 fully saturated rings. The van der Waals surface area contributed by atoms with E-state index in [0.717, 1.165) is 0 Å². The fourth-order valence-corrected chi connectivity index (χ4v) is 2.60. The van der Waals surface area contributed by atoms with Crippen molar-refractivity contribution in [2.45, 2.75) is 46.0 Å². The van der Waals surface area contributed by atoms with E-state index in [2.05, 4.69) is 5.32 Å². The topological polar surface area (TPSA) is 102 Å². The molecule has 26 heavy (non-hydrogen) atoms. The van der Waals surface area contributed by atoms with Gasteiger partial charge >= 0.3 is 13.1 Å². The van der Waals surface area contributed by atoms with Gasteiger partial charge in [-0.15, -0.1) is 0 Å². The van der Waals surface area contributed by atoms with Crippen LogP contribution in [0.15, 0.2) is 18.2 Å². The number of fused-ring (bicyclic) bond motifs is 1. The summed E-state index contributed by atoms with van der Waals surface area (Å²) in [5.74, 6) is -1.07. The first-order chi connectivity index (χ1) is 12.3. The van der Waals surface area contributed by atoms with Crippen LogP contribution in [0, 0.1) is 5.92 Å². The highest BCUT2D eigenvalue weighted by molar-refractivity contribution is 6.47. The Labute approximate surface area is 153 Å². The summed E-state index contributed by atoms with van der Waals surface area (Å²) < 4.78 is 10.7. The van der Waals surface area contributed by atoms with Gasteiger partial charge in [0.1, 0.15) is 17.1 Å². The lowest BCUT2D eigenvalue weighted by molar-refractivity contribution is -0.124. The van der Waals surface area contributed by atoms with Gasteiger partial charge in [-0.25, -0.2) is 4.79 Å². The van der Waals surface area contributed by atoms with Crippen LogP contribution in [0.1, 0.15) is 49.5 Å². The number of ketones is 1. The summed E-state index contributed by atoms with van der Waals surface area (Å²) in [5, 5.41) is 12.9. The number of rotatable bonds is 7. The number of carbonyl (C=O) groups is 3. The van der Waals surface area contributed by atoms with E-state index in [1.54, 1.807) is 18.2 Å². The number of carbonyl (C=O) groups excluding carboxylic acids is 3. The molecule has 1 aromatic carbocycles. The Morgan fingerprint density at radius 3 is 2.73 bits per heavy atom. The molecule has 140 valence electrons. The predicted molar refractivity (Wildman–Crippen MR) is 95.7 cm³/mol. The summed E-state index contributed by atoms with van der Waals surface area (Å²) >= 11 is 0. The highest BCUT2D eigenvalue weighted by Crippen LogP contribution is 2.30. The fourth-order valence-electron chi connectivity index (χ4n) is 2.60. The van der Waals surface area contributed by atoms with Crippen molar-refractivity contribution in [2.24, 2.45) is 5.92 Å². The zero-order chi connectivity index (χ0) is 19.3. The van der Waals surface area contributed by atoms with E-state index in [4.69, 9.17) is 9.39 Å². The number of ether oxygens (including phenoxy) is 1. The van der Waals surface area contributed by atoms with Crippen LogP contribution in [0.3, 0.4) is 0 Å². The molecule has 0 saturated carbocycles. The van der Waals surface area contributed by atoms with E-state index < -0.39 is 19.0 Å². The molecule has 7 nitrogen and oxygen atoms in total. The van der Waals surface area contributed by atoms with Gasteiger partial charge in [0.15, 0.2) is 0 Å². The van der Waals surface area contributed by atoms with Gasteiger partial charge in [-0.1, -0.05) is 26.0 Å². The van der Waals surface area contributed by atoms with E-state index in [-0.39, 0.29) is 41.8 Å². The number of nitrogens with one attached hydrogen (secondary N) is 1. The molecule has 1 aliphatic rings. The minimum atomic E-state index is -1.29. The second-order valence-corrected chi connectivity index (χ2v) is 6.87. The number of esters is 1. The summed E-state index contributed by atoms with van der Waals surface area (Å²) in [6, 6.07) is 5.07. The number of benzene rings is 1. The van der Waals surface area contributed by atoms with Crippen LogP contribution < -0.4 is 9.97 Å². The van der Waals surface area contributed by atoms with Crippen molar-refractivity contribution in [3.05, 3.63) is 29.3 Å². The summed E-state index contributed by atoms with van der Waals surface area (Å²) in [4.78, 5) is 35.1. The van der Waals surface area contributed by atoms with Crippen LogP contribution in [0.25, 0.3) is 0 Å². The van der Waals surface area contributed by atoms with Crippen LogP contribution in [0.2, 0.25) is 0 Å². The van der Waals surface area contributed by atoms with Crippen molar-refractivity contribution in [3.8, 4) is 5.75 Å². The largest absolute Gasteiger partial charge is 0.547 e. The Kier molecular flexibility index (Phi) is 6.80. The van der Waals surface area contributed by atoms with Crippen LogP contribution in [-0.2, 0) is 20.7 Å². The minimum Gasteiger partial charge on any atom is -0.534 e. The van der Waals surface area contributed by atoms with E-state index in [0.29, 0.717) is 18.6 Å². The third-order valence-electron chi connectivity index (χ3n) is 3.94. The number of hydrogen-bond donors (Lipinski definition) is 2. The van der Waals surface area contributed by atoms with Gasteiger partial charge in [-0.2, -0.15) is 0 Å². The normalized spacial score (nSPS) is 15.9. The first kappa shape index (κ1) is 20.0. The van der Waals surface area contributed by atoms with E-state index in [9.17, 15) is 19.4 Å². The molecule has 0 saturated heterocycles. The predicted octanol–water partition coefficient (Wildman–Crippen LogP) is 1.31. The molecule has 0 bridgehead atoms. The van der Waals surface area contributed by atoms with Crippen molar-refractivity contribution in [1.82, 2.24) is 5.32 Å². The minimum absolute atomic E-state index is 0.0625. The maximum absolute atomic E-state index is 12.3. The smallest absolute Gasteiger partial charge is 0.534 e. The molecule has 0 aliphatic carbocycles. The van der Waals surface area contributed by atoms with Crippen molar-refractivity contribution >= 4 is 24.8 Å². The molecule has 0 spiro atoms. The lowest BCUT2D eigenvalue weighted by Gasteiger charge is -2.29. The lowest BCUT2D eigenvalue weighted by atomic mass is 9.72. The lowest BCUT2D eigenvalue weighted by Crippen LogP contribution is -2.53. The molecule has 2 N–H and O–H groups in total. The van der Waals surface area contributed by atoms with Crippen LogP contribution >= 0.6 is 0 Å². The Morgan fingerprint density at radius 1 is 1.35 bits per heavy atom. The molecule has 2 rings (SSSR count). The first-order valence-electron chi connectivity index (χ1n) is 8.70. The molecule has 8 heteroatoms.